The third-order valence-corrected chi connectivity index (χ3v) is 2.88. The van der Waals surface area contributed by atoms with Crippen LogP contribution in [0.15, 0.2) is 48.5 Å². The third-order valence-electron chi connectivity index (χ3n) is 2.88. The number of carbonyl (C=O) groups is 2. The van der Waals surface area contributed by atoms with Crippen LogP contribution in [0.4, 0.5) is 5.69 Å². The first-order valence-corrected chi connectivity index (χ1v) is 6.01. The molecular weight excluding hydrogens is 274 g/mol. The molecule has 6 heteroatoms. The maximum Gasteiger partial charge on any atom is 0.311 e. The Morgan fingerprint density at radius 2 is 1.67 bits per heavy atom. The summed E-state index contributed by atoms with van der Waals surface area (Å²) < 4.78 is 4.93. The van der Waals surface area contributed by atoms with Gasteiger partial charge in [-0.3, -0.25) is 19.7 Å². The van der Waals surface area contributed by atoms with Gasteiger partial charge >= 0.3 is 5.69 Å². The minimum absolute atomic E-state index is 0.124. The standard InChI is InChI=1S/C15H11NO5/c1-21-15-11(8-5-9-12(15)16(19)20)14(18)13(17)10-6-3-2-4-7-10/h2-9H,1H3. The number of nitro groups is 1. The van der Waals surface area contributed by atoms with E-state index in [4.69, 9.17) is 4.74 Å². The Morgan fingerprint density at radius 1 is 1.00 bits per heavy atom. The van der Waals surface area contributed by atoms with E-state index in [2.05, 4.69) is 0 Å². The fraction of sp³-hybridized carbons (Fsp3) is 0.0667. The van der Waals surface area contributed by atoms with Crippen molar-refractivity contribution in [3.63, 3.8) is 0 Å². The van der Waals surface area contributed by atoms with Crippen LogP contribution in [-0.4, -0.2) is 23.6 Å². The summed E-state index contributed by atoms with van der Waals surface area (Å²) in [5.41, 5.74) is -0.263. The predicted molar refractivity (Wildman–Crippen MR) is 74.8 cm³/mol. The van der Waals surface area contributed by atoms with Crippen LogP contribution in [0.5, 0.6) is 5.75 Å². The number of hydrogen-bond donors (Lipinski definition) is 0. The van der Waals surface area contributed by atoms with Crippen molar-refractivity contribution < 1.29 is 19.2 Å². The van der Waals surface area contributed by atoms with Gasteiger partial charge < -0.3 is 4.74 Å². The van der Waals surface area contributed by atoms with E-state index in [1.54, 1.807) is 18.2 Å². The van der Waals surface area contributed by atoms with E-state index >= 15 is 0 Å². The van der Waals surface area contributed by atoms with Crippen molar-refractivity contribution in [3.8, 4) is 5.75 Å². The number of Topliss-reactive ketones (excluding diaryl/α,β-unsaturated/α-hetero) is 2. The molecule has 0 saturated heterocycles. The minimum Gasteiger partial charge on any atom is -0.490 e. The normalized spacial score (nSPS) is 9.95. The van der Waals surface area contributed by atoms with Gasteiger partial charge in [0.2, 0.25) is 17.3 Å². The first-order valence-electron chi connectivity index (χ1n) is 6.01. The Morgan fingerprint density at radius 3 is 2.24 bits per heavy atom. The van der Waals surface area contributed by atoms with Crippen molar-refractivity contribution >= 4 is 17.3 Å². The van der Waals surface area contributed by atoms with Gasteiger partial charge in [-0.1, -0.05) is 36.4 Å². The molecule has 2 aromatic carbocycles. The average molecular weight is 285 g/mol. The van der Waals surface area contributed by atoms with Crippen molar-refractivity contribution in [1.82, 2.24) is 0 Å². The molecule has 0 aliphatic carbocycles. The zero-order valence-electron chi connectivity index (χ0n) is 11.1. The molecule has 0 aliphatic heterocycles. The highest BCUT2D eigenvalue weighted by Gasteiger charge is 2.27. The fourth-order valence-electron chi connectivity index (χ4n) is 1.90. The smallest absolute Gasteiger partial charge is 0.311 e. The molecular formula is C15H11NO5. The Balaban J connectivity index is 2.47. The molecule has 0 fully saturated rings. The molecule has 0 aromatic heterocycles. The highest BCUT2D eigenvalue weighted by Crippen LogP contribution is 2.31. The Hall–Kier alpha value is -3.02. The molecule has 0 saturated carbocycles. The quantitative estimate of drug-likeness (QED) is 0.365. The molecule has 2 aromatic rings. The molecule has 0 spiro atoms. The Bertz CT molecular complexity index is 709. The topological polar surface area (TPSA) is 86.5 Å². The minimum atomic E-state index is -0.846. The van der Waals surface area contributed by atoms with E-state index in [1.807, 2.05) is 0 Å². The number of ether oxygens (including phenoxy) is 1. The second-order valence-electron chi connectivity index (χ2n) is 4.14. The summed E-state index contributed by atoms with van der Waals surface area (Å²) in [5, 5.41) is 10.9. The lowest BCUT2D eigenvalue weighted by atomic mass is 10.0. The van der Waals surface area contributed by atoms with Crippen LogP contribution in [0.25, 0.3) is 0 Å². The number of ketones is 2. The highest BCUT2D eigenvalue weighted by molar-refractivity contribution is 6.49. The molecule has 0 unspecified atom stereocenters. The molecule has 6 nitrogen and oxygen atoms in total. The lowest BCUT2D eigenvalue weighted by Crippen LogP contribution is -2.16. The van der Waals surface area contributed by atoms with Crippen molar-refractivity contribution in [1.29, 1.82) is 0 Å². The van der Waals surface area contributed by atoms with E-state index < -0.39 is 16.5 Å². The number of nitrogens with zero attached hydrogens (tertiary/aromatic N) is 1. The van der Waals surface area contributed by atoms with Crippen LogP contribution in [0.1, 0.15) is 20.7 Å². The third kappa shape index (κ3) is 2.79. The van der Waals surface area contributed by atoms with E-state index in [9.17, 15) is 19.7 Å². The number of methoxy groups -OCH3 is 1. The summed E-state index contributed by atoms with van der Waals surface area (Å²) in [7, 11) is 1.21. The van der Waals surface area contributed by atoms with E-state index in [-0.39, 0.29) is 22.6 Å². The summed E-state index contributed by atoms with van der Waals surface area (Å²) in [5.74, 6) is -1.80. The summed E-state index contributed by atoms with van der Waals surface area (Å²) in [6.07, 6.45) is 0. The molecule has 0 heterocycles. The number of para-hydroxylation sites is 1. The van der Waals surface area contributed by atoms with Gasteiger partial charge in [-0.15, -0.1) is 0 Å². The van der Waals surface area contributed by atoms with E-state index in [0.717, 1.165) is 0 Å². The summed E-state index contributed by atoms with van der Waals surface area (Å²) in [6.45, 7) is 0. The molecule has 0 amide bonds. The van der Waals surface area contributed by atoms with Crippen molar-refractivity contribution in [3.05, 3.63) is 69.8 Å². The number of hydrogen-bond acceptors (Lipinski definition) is 5. The lowest BCUT2D eigenvalue weighted by molar-refractivity contribution is -0.385. The molecule has 2 rings (SSSR count). The van der Waals surface area contributed by atoms with Crippen molar-refractivity contribution in [2.24, 2.45) is 0 Å². The van der Waals surface area contributed by atoms with Gasteiger partial charge in [-0.25, -0.2) is 0 Å². The van der Waals surface area contributed by atoms with Crippen LogP contribution >= 0.6 is 0 Å². The number of carbonyl (C=O) groups excluding carboxylic acids is 2. The molecule has 106 valence electrons. The molecule has 0 aliphatic rings. The van der Waals surface area contributed by atoms with Gasteiger partial charge in [0.1, 0.15) is 0 Å². The second-order valence-corrected chi connectivity index (χ2v) is 4.14. The summed E-state index contributed by atoms with van der Waals surface area (Å²) in [6, 6.07) is 11.9. The van der Waals surface area contributed by atoms with Crippen LogP contribution in [0.2, 0.25) is 0 Å². The van der Waals surface area contributed by atoms with E-state index in [1.165, 1.54) is 37.4 Å². The molecule has 0 N–H and O–H groups in total. The maximum absolute atomic E-state index is 12.2. The number of benzene rings is 2. The summed E-state index contributed by atoms with van der Waals surface area (Å²) >= 11 is 0. The summed E-state index contributed by atoms with van der Waals surface area (Å²) in [4.78, 5) is 34.6. The predicted octanol–water partition coefficient (Wildman–Crippen LogP) is 2.67. The van der Waals surface area contributed by atoms with Crippen LogP contribution in [0.3, 0.4) is 0 Å². The van der Waals surface area contributed by atoms with Gasteiger partial charge in [0.15, 0.2) is 0 Å². The van der Waals surface area contributed by atoms with Crippen LogP contribution in [0, 0.1) is 10.1 Å². The van der Waals surface area contributed by atoms with Crippen LogP contribution < -0.4 is 4.74 Å². The first-order chi connectivity index (χ1) is 10.1. The Labute approximate surface area is 120 Å². The van der Waals surface area contributed by atoms with Gasteiger partial charge in [0.05, 0.1) is 17.6 Å². The van der Waals surface area contributed by atoms with Gasteiger partial charge in [-0.2, -0.15) is 0 Å². The van der Waals surface area contributed by atoms with Crippen LogP contribution in [-0.2, 0) is 0 Å². The number of nitro benzene ring substituents is 1. The van der Waals surface area contributed by atoms with Crippen molar-refractivity contribution in [2.75, 3.05) is 7.11 Å². The van der Waals surface area contributed by atoms with Crippen molar-refractivity contribution in [2.45, 2.75) is 0 Å². The molecule has 0 radical (unpaired) electrons. The zero-order valence-corrected chi connectivity index (χ0v) is 11.1. The second kappa shape index (κ2) is 5.96. The van der Waals surface area contributed by atoms with Gasteiger partial charge in [-0.05, 0) is 6.07 Å². The highest BCUT2D eigenvalue weighted by atomic mass is 16.6. The molecule has 21 heavy (non-hydrogen) atoms. The lowest BCUT2D eigenvalue weighted by Gasteiger charge is -2.07. The average Bonchev–Trinajstić information content (AvgIpc) is 2.53. The SMILES string of the molecule is COc1c(C(=O)C(=O)c2ccccc2)cccc1[N+](=O)[O-]. The maximum atomic E-state index is 12.2. The fourth-order valence-corrected chi connectivity index (χ4v) is 1.90. The zero-order chi connectivity index (χ0) is 15.4. The largest absolute Gasteiger partial charge is 0.490 e. The first kappa shape index (κ1) is 14.4. The van der Waals surface area contributed by atoms with Gasteiger partial charge in [0, 0.05) is 11.6 Å². The molecule has 0 atom stereocenters. The van der Waals surface area contributed by atoms with Gasteiger partial charge in [0.25, 0.3) is 0 Å². The molecule has 0 bridgehead atoms. The van der Waals surface area contributed by atoms with E-state index in [0.29, 0.717) is 0 Å². The Kier molecular flexibility index (Phi) is 4.08. The monoisotopic (exact) mass is 285 g/mol. The number of rotatable bonds is 5.